The Hall–Kier alpha value is 0.430. The van der Waals surface area contributed by atoms with Crippen LogP contribution in [0.5, 0.6) is 0 Å². The molecule has 2 atom stereocenters. The van der Waals surface area contributed by atoms with Crippen molar-refractivity contribution in [3.8, 4) is 0 Å². The van der Waals surface area contributed by atoms with E-state index in [1.807, 2.05) is 0 Å². The first kappa shape index (κ1) is 6.55. The molecule has 1 aliphatic heterocycles. The monoisotopic (exact) mass is 130 g/mol. The van der Waals surface area contributed by atoms with Gasteiger partial charge in [0.25, 0.3) is 0 Å². The molecule has 0 spiro atoms. The minimum Gasteiger partial charge on any atom is -0.107 e. The van der Waals surface area contributed by atoms with Crippen molar-refractivity contribution in [3.63, 3.8) is 0 Å². The van der Waals surface area contributed by atoms with Crippen LogP contribution < -0.4 is 0 Å². The van der Waals surface area contributed by atoms with Gasteiger partial charge in [0.15, 0.2) is 0 Å². The van der Waals surface area contributed by atoms with Crippen LogP contribution in [0.4, 0.5) is 0 Å². The number of hydrogen-bond acceptors (Lipinski definition) is 0. The zero-order valence-electron chi connectivity index (χ0n) is 5.85. The van der Waals surface area contributed by atoms with Crippen LogP contribution in [0.25, 0.3) is 0 Å². The fourth-order valence-corrected chi connectivity index (χ4v) is 3.79. The van der Waals surface area contributed by atoms with Crippen LogP contribution in [0.1, 0.15) is 26.2 Å². The van der Waals surface area contributed by atoms with E-state index in [4.69, 9.17) is 0 Å². The maximum atomic E-state index is 2.45. The third-order valence-corrected chi connectivity index (χ3v) is 5.03. The van der Waals surface area contributed by atoms with Crippen molar-refractivity contribution in [1.82, 2.24) is 0 Å². The van der Waals surface area contributed by atoms with Gasteiger partial charge in [-0.05, 0) is 37.7 Å². The fourth-order valence-electron chi connectivity index (χ4n) is 1.50. The summed E-state index contributed by atoms with van der Waals surface area (Å²) in [6.07, 6.45) is 6.02. The lowest BCUT2D eigenvalue weighted by Crippen LogP contribution is -1.94. The van der Waals surface area contributed by atoms with Crippen molar-refractivity contribution in [2.75, 3.05) is 12.8 Å². The summed E-state index contributed by atoms with van der Waals surface area (Å²) < 4.78 is 0. The van der Waals surface area contributed by atoms with Crippen molar-refractivity contribution >= 4 is 7.92 Å². The van der Waals surface area contributed by atoms with Gasteiger partial charge in [0.1, 0.15) is 0 Å². The second-order valence-electron chi connectivity index (χ2n) is 2.68. The van der Waals surface area contributed by atoms with Gasteiger partial charge in [0, 0.05) is 0 Å². The van der Waals surface area contributed by atoms with Gasteiger partial charge < -0.3 is 0 Å². The third-order valence-electron chi connectivity index (χ3n) is 2.14. The first-order valence-electron chi connectivity index (χ1n) is 3.55. The molecule has 1 rings (SSSR count). The topological polar surface area (TPSA) is 0 Å². The molecule has 1 saturated heterocycles. The first-order valence-corrected chi connectivity index (χ1v) is 5.59. The van der Waals surface area contributed by atoms with Gasteiger partial charge >= 0.3 is 0 Å². The normalized spacial score (nSPS) is 38.2. The molecule has 0 aromatic heterocycles. The number of rotatable bonds is 1. The van der Waals surface area contributed by atoms with Crippen LogP contribution >= 0.6 is 7.92 Å². The Kier molecular flexibility index (Phi) is 2.31. The lowest BCUT2D eigenvalue weighted by Gasteiger charge is -2.11. The summed E-state index contributed by atoms with van der Waals surface area (Å²) in [6.45, 7) is 4.78. The Morgan fingerprint density at radius 2 is 2.38 bits per heavy atom. The first-order chi connectivity index (χ1) is 3.84. The quantitative estimate of drug-likeness (QED) is 0.479. The molecule has 1 aliphatic rings. The molecule has 0 saturated carbocycles. The van der Waals surface area contributed by atoms with Crippen LogP contribution in [0.15, 0.2) is 0 Å². The fraction of sp³-hybridized carbons (Fsp3) is 1.00. The molecule has 0 unspecified atom stereocenters. The maximum Gasteiger partial charge on any atom is -0.0214 e. The Morgan fingerprint density at radius 3 is 2.62 bits per heavy atom. The molecule has 0 nitrogen and oxygen atoms in total. The average molecular weight is 130 g/mol. The molecular formula is C7H15P. The summed E-state index contributed by atoms with van der Waals surface area (Å²) in [7, 11) is 0.471. The molecule has 1 fully saturated rings. The Bertz CT molecular complexity index is 70.8. The van der Waals surface area contributed by atoms with Crippen molar-refractivity contribution in [3.05, 3.63) is 0 Å². The van der Waals surface area contributed by atoms with E-state index < -0.39 is 0 Å². The summed E-state index contributed by atoms with van der Waals surface area (Å²) >= 11 is 0. The predicted molar refractivity (Wildman–Crippen MR) is 41.0 cm³/mol. The van der Waals surface area contributed by atoms with Crippen LogP contribution in [0, 0.1) is 0 Å². The van der Waals surface area contributed by atoms with Crippen molar-refractivity contribution in [2.24, 2.45) is 0 Å². The van der Waals surface area contributed by atoms with Gasteiger partial charge in [0.2, 0.25) is 0 Å². The standard InChI is InChI=1S/C7H15P/c1-3-7-5-4-6-8(7)2/h7H,3-6H2,1-2H3/t7-,8-/m0/s1. The highest BCUT2D eigenvalue weighted by molar-refractivity contribution is 7.57. The molecule has 0 N–H and O–H groups in total. The predicted octanol–water partition coefficient (Wildman–Crippen LogP) is 2.67. The molecule has 1 heteroatoms. The summed E-state index contributed by atoms with van der Waals surface area (Å²) in [4.78, 5) is 0. The molecule has 48 valence electrons. The molecule has 1 heterocycles. The van der Waals surface area contributed by atoms with E-state index in [0.717, 1.165) is 5.66 Å². The summed E-state index contributed by atoms with van der Waals surface area (Å²) in [6, 6.07) is 0. The third kappa shape index (κ3) is 1.23. The van der Waals surface area contributed by atoms with E-state index in [9.17, 15) is 0 Å². The van der Waals surface area contributed by atoms with Crippen LogP contribution in [-0.4, -0.2) is 18.5 Å². The van der Waals surface area contributed by atoms with Gasteiger partial charge in [0.05, 0.1) is 0 Å². The largest absolute Gasteiger partial charge is 0.107 e. The molecule has 8 heavy (non-hydrogen) atoms. The minimum atomic E-state index is 0.471. The zero-order chi connectivity index (χ0) is 5.98. The highest BCUT2D eigenvalue weighted by Crippen LogP contribution is 2.47. The van der Waals surface area contributed by atoms with Crippen LogP contribution in [0.3, 0.4) is 0 Å². The Morgan fingerprint density at radius 1 is 1.62 bits per heavy atom. The van der Waals surface area contributed by atoms with E-state index in [-0.39, 0.29) is 0 Å². The smallest absolute Gasteiger partial charge is 0.0214 e. The second kappa shape index (κ2) is 2.82. The molecule has 0 aromatic carbocycles. The average Bonchev–Trinajstić information content (AvgIpc) is 2.14. The van der Waals surface area contributed by atoms with E-state index in [2.05, 4.69) is 13.6 Å². The molecule has 0 aliphatic carbocycles. The van der Waals surface area contributed by atoms with E-state index in [1.54, 1.807) is 6.16 Å². The summed E-state index contributed by atoms with van der Waals surface area (Å²) in [5.74, 6) is 0. The highest BCUT2D eigenvalue weighted by Gasteiger charge is 2.19. The lowest BCUT2D eigenvalue weighted by molar-refractivity contribution is 0.756. The van der Waals surface area contributed by atoms with Crippen LogP contribution in [0.2, 0.25) is 0 Å². The van der Waals surface area contributed by atoms with Crippen molar-refractivity contribution < 1.29 is 0 Å². The zero-order valence-corrected chi connectivity index (χ0v) is 6.75. The maximum absolute atomic E-state index is 2.45. The highest BCUT2D eigenvalue weighted by atomic mass is 31.1. The molecule has 0 bridgehead atoms. The molecular weight excluding hydrogens is 115 g/mol. The van der Waals surface area contributed by atoms with E-state index >= 15 is 0 Å². The Balaban J connectivity index is 2.30. The summed E-state index contributed by atoms with van der Waals surface area (Å²) in [5, 5.41) is 0. The summed E-state index contributed by atoms with van der Waals surface area (Å²) in [5.41, 5.74) is 1.13. The second-order valence-corrected chi connectivity index (χ2v) is 5.38. The van der Waals surface area contributed by atoms with Gasteiger partial charge in [-0.15, -0.1) is 7.92 Å². The van der Waals surface area contributed by atoms with Crippen molar-refractivity contribution in [1.29, 1.82) is 0 Å². The Labute approximate surface area is 53.4 Å². The minimum absolute atomic E-state index is 0.471. The van der Waals surface area contributed by atoms with E-state index in [0.29, 0.717) is 7.92 Å². The van der Waals surface area contributed by atoms with Gasteiger partial charge in [-0.3, -0.25) is 0 Å². The lowest BCUT2D eigenvalue weighted by atomic mass is 10.2. The van der Waals surface area contributed by atoms with Crippen molar-refractivity contribution in [2.45, 2.75) is 31.8 Å². The molecule has 0 aromatic rings. The van der Waals surface area contributed by atoms with E-state index in [1.165, 1.54) is 19.3 Å². The van der Waals surface area contributed by atoms with Gasteiger partial charge in [-0.25, -0.2) is 0 Å². The van der Waals surface area contributed by atoms with Crippen LogP contribution in [-0.2, 0) is 0 Å². The van der Waals surface area contributed by atoms with Gasteiger partial charge in [-0.1, -0.05) is 6.92 Å². The SMILES string of the molecule is CC[C@H]1CCC[P@]1C. The van der Waals surface area contributed by atoms with Gasteiger partial charge in [-0.2, -0.15) is 0 Å². The number of hydrogen-bond donors (Lipinski definition) is 0. The molecule has 0 radical (unpaired) electrons. The molecule has 0 amide bonds.